The van der Waals surface area contributed by atoms with Crippen LogP contribution in [0.3, 0.4) is 0 Å². The molecular weight excluding hydrogens is 554 g/mol. The molecule has 3 N–H and O–H groups in total. The average molecular weight is 590 g/mol. The highest BCUT2D eigenvalue weighted by Crippen LogP contribution is 2.23. The zero-order chi connectivity index (χ0) is 30.8. The minimum absolute atomic E-state index is 0.0186. The van der Waals surface area contributed by atoms with Gasteiger partial charge in [0, 0.05) is 30.1 Å². The minimum atomic E-state index is -0.829. The maximum Gasteiger partial charge on any atom is 0.308 e. The summed E-state index contributed by atoms with van der Waals surface area (Å²) in [5.41, 5.74) is 2.26. The maximum atomic E-state index is 12.9. The molecule has 0 saturated carbocycles. The minimum Gasteiger partial charge on any atom is -0.438 e. The Hall–Kier alpha value is -4.91. The van der Waals surface area contributed by atoms with Crippen LogP contribution >= 0.6 is 0 Å². The quantitative estimate of drug-likeness (QED) is 0.115. The van der Waals surface area contributed by atoms with Gasteiger partial charge in [-0.05, 0) is 30.6 Å². The number of carbonyl (C=O) groups is 2. The normalized spacial score (nSPS) is 13.2. The Kier molecular flexibility index (Phi) is 10.3. The number of imidazole rings is 1. The fourth-order valence-corrected chi connectivity index (χ4v) is 4.21. The summed E-state index contributed by atoms with van der Waals surface area (Å²) in [6.07, 6.45) is 7.41. The van der Waals surface area contributed by atoms with Crippen LogP contribution in [0.15, 0.2) is 47.7 Å². The molecule has 0 bridgehead atoms. The van der Waals surface area contributed by atoms with Gasteiger partial charge in [0.2, 0.25) is 12.7 Å². The van der Waals surface area contributed by atoms with Crippen LogP contribution < -0.4 is 21.0 Å². The number of H-pyrrole nitrogens is 2. The lowest BCUT2D eigenvalue weighted by Gasteiger charge is -2.17. The van der Waals surface area contributed by atoms with Crippen molar-refractivity contribution in [1.29, 1.82) is 0 Å². The molecule has 0 aliphatic heterocycles. The van der Waals surface area contributed by atoms with E-state index >= 15 is 0 Å². The van der Waals surface area contributed by atoms with Crippen LogP contribution in [0.25, 0.3) is 12.2 Å². The van der Waals surface area contributed by atoms with Gasteiger partial charge >= 0.3 is 5.97 Å². The van der Waals surface area contributed by atoms with E-state index in [1.54, 1.807) is 24.7 Å². The summed E-state index contributed by atoms with van der Waals surface area (Å²) >= 11 is 0. The molecule has 1 atom stereocenters. The van der Waals surface area contributed by atoms with Gasteiger partial charge in [0.05, 0.1) is 30.4 Å². The Morgan fingerprint density at radius 2 is 1.98 bits per heavy atom. The summed E-state index contributed by atoms with van der Waals surface area (Å²) in [7, 11) is 0. The van der Waals surface area contributed by atoms with E-state index in [1.165, 1.54) is 4.68 Å². The molecule has 0 spiro atoms. The first-order chi connectivity index (χ1) is 20.6. The van der Waals surface area contributed by atoms with Crippen LogP contribution in [-0.2, 0) is 32.7 Å². The highest BCUT2D eigenvalue weighted by molar-refractivity contribution is 5.69. The fraction of sp³-hybridized carbons (Fsp3) is 0.367. The van der Waals surface area contributed by atoms with Crippen molar-refractivity contribution in [2.24, 2.45) is 0 Å². The molecule has 4 rings (SSSR count). The number of aliphatic hydroxyl groups excluding tert-OH is 1. The second-order valence-electron chi connectivity index (χ2n) is 10.9. The van der Waals surface area contributed by atoms with Gasteiger partial charge in [0.1, 0.15) is 17.0 Å². The number of nitrogens with zero attached hydrogens (tertiary/aromatic N) is 5. The Balaban J connectivity index is 1.44. The number of ether oxygens (including phenoxy) is 2. The number of nitrogens with one attached hydrogen (secondary N) is 2. The zero-order valence-corrected chi connectivity index (χ0v) is 24.3. The number of aromatic nitrogens is 7. The van der Waals surface area contributed by atoms with Gasteiger partial charge in [0.25, 0.3) is 5.56 Å². The van der Waals surface area contributed by atoms with Crippen molar-refractivity contribution < 1.29 is 24.2 Å². The molecule has 3 heterocycles. The molecule has 0 aliphatic rings. The lowest BCUT2D eigenvalue weighted by molar-refractivity contribution is -0.150. The molecule has 0 saturated heterocycles. The molecule has 226 valence electrons. The van der Waals surface area contributed by atoms with Crippen LogP contribution in [0.4, 0.5) is 0 Å². The first-order valence-electron chi connectivity index (χ1n) is 13.8. The standard InChI is InChI=1S/C30H35N7O6/c1-30(2,3)27-23(31-18-32-27)15-25-29(34-24(28(41)33-25)14-20-8-5-4-6-9-20)43-19-42-26(40)11-7-10-21-16-37(36-35-21)17-22(39)12-13-38/h4-6,8-9,13-16,18,22,39H,7,10-12,17,19H2,1-3H3,(H,31,32)(H,33,41)/b24-14-,25-15-/t22-/m1/s1. The van der Waals surface area contributed by atoms with Crippen LogP contribution in [-0.4, -0.2) is 65.2 Å². The first kappa shape index (κ1) is 31.0. The van der Waals surface area contributed by atoms with Gasteiger partial charge in [-0.3, -0.25) is 9.59 Å². The van der Waals surface area contributed by atoms with Crippen molar-refractivity contribution in [2.75, 3.05) is 6.79 Å². The molecule has 1 aromatic carbocycles. The van der Waals surface area contributed by atoms with Gasteiger partial charge < -0.3 is 29.3 Å². The third kappa shape index (κ3) is 9.04. The Labute approximate surface area is 247 Å². The lowest BCUT2D eigenvalue weighted by Crippen LogP contribution is -2.38. The molecule has 13 nitrogen and oxygen atoms in total. The molecule has 0 fully saturated rings. The zero-order valence-electron chi connectivity index (χ0n) is 24.3. The fourth-order valence-electron chi connectivity index (χ4n) is 4.21. The number of aromatic amines is 2. The number of aldehydes is 1. The van der Waals surface area contributed by atoms with E-state index in [0.29, 0.717) is 30.5 Å². The summed E-state index contributed by atoms with van der Waals surface area (Å²) in [5, 5.41) is 18.1. The number of benzene rings is 1. The second kappa shape index (κ2) is 14.3. The third-order valence-corrected chi connectivity index (χ3v) is 6.32. The summed E-state index contributed by atoms with van der Waals surface area (Å²) in [6, 6.07) is 9.28. The SMILES string of the molecule is CC(C)(C)c1[nH]cnc1/C=c1\[nH]c(=O)/c(=C/c2ccccc2)nc1OCOC(=O)CCCc1cn(C[C@H](O)CC=O)nn1. The van der Waals surface area contributed by atoms with Crippen molar-refractivity contribution in [3.05, 3.63) is 86.6 Å². The smallest absolute Gasteiger partial charge is 0.308 e. The monoisotopic (exact) mass is 589 g/mol. The predicted octanol–water partition coefficient (Wildman–Crippen LogP) is 0.892. The Morgan fingerprint density at radius 3 is 2.72 bits per heavy atom. The Bertz CT molecular complexity index is 1700. The van der Waals surface area contributed by atoms with Crippen LogP contribution in [0.5, 0.6) is 5.88 Å². The van der Waals surface area contributed by atoms with Crippen LogP contribution in [0, 0.1) is 0 Å². The van der Waals surface area contributed by atoms with Gasteiger partial charge in [-0.25, -0.2) is 14.6 Å². The van der Waals surface area contributed by atoms with E-state index in [2.05, 4.69) is 30.2 Å². The van der Waals surface area contributed by atoms with Crippen LogP contribution in [0.1, 0.15) is 62.7 Å². The van der Waals surface area contributed by atoms with Crippen molar-refractivity contribution in [2.45, 2.75) is 64.5 Å². The van der Waals surface area contributed by atoms with Crippen molar-refractivity contribution >= 4 is 24.4 Å². The van der Waals surface area contributed by atoms with Crippen molar-refractivity contribution in [3.63, 3.8) is 0 Å². The average Bonchev–Trinajstić information content (AvgIpc) is 3.61. The molecule has 4 aromatic rings. The number of carbonyl (C=O) groups excluding carboxylic acids is 2. The van der Waals surface area contributed by atoms with Gasteiger partial charge in [-0.2, -0.15) is 0 Å². The number of esters is 1. The number of hydrogen-bond acceptors (Lipinski definition) is 10. The first-order valence-corrected chi connectivity index (χ1v) is 13.8. The second-order valence-corrected chi connectivity index (χ2v) is 10.9. The highest BCUT2D eigenvalue weighted by atomic mass is 16.7. The van der Waals surface area contributed by atoms with Gasteiger partial charge in [-0.15, -0.1) is 5.10 Å². The number of rotatable bonds is 13. The van der Waals surface area contributed by atoms with E-state index in [4.69, 9.17) is 9.47 Å². The summed E-state index contributed by atoms with van der Waals surface area (Å²) in [6.45, 7) is 5.86. The number of hydrogen-bond donors (Lipinski definition) is 3. The van der Waals surface area contributed by atoms with E-state index in [0.717, 1.165) is 11.3 Å². The van der Waals surface area contributed by atoms with Gasteiger partial charge in [-0.1, -0.05) is 56.3 Å². The molecule has 13 heteroatoms. The van der Waals surface area contributed by atoms with E-state index < -0.39 is 24.4 Å². The summed E-state index contributed by atoms with van der Waals surface area (Å²) in [5.74, 6) is -0.409. The van der Waals surface area contributed by atoms with Crippen molar-refractivity contribution in [1.82, 2.24) is 34.9 Å². The van der Waals surface area contributed by atoms with Crippen LogP contribution in [0.2, 0.25) is 0 Å². The Morgan fingerprint density at radius 1 is 1.19 bits per heavy atom. The molecule has 0 aliphatic carbocycles. The third-order valence-electron chi connectivity index (χ3n) is 6.32. The van der Waals surface area contributed by atoms with E-state index in [1.807, 2.05) is 51.1 Å². The summed E-state index contributed by atoms with van der Waals surface area (Å²) in [4.78, 5) is 50.6. The van der Waals surface area contributed by atoms with E-state index in [-0.39, 0.29) is 41.4 Å². The molecule has 0 amide bonds. The molecular formula is C30H35N7O6. The number of aliphatic hydroxyl groups is 1. The van der Waals surface area contributed by atoms with E-state index in [9.17, 15) is 19.5 Å². The highest BCUT2D eigenvalue weighted by Gasteiger charge is 2.19. The largest absolute Gasteiger partial charge is 0.438 e. The van der Waals surface area contributed by atoms with Crippen molar-refractivity contribution in [3.8, 4) is 5.88 Å². The number of aryl methyl sites for hydroxylation is 1. The topological polar surface area (TPSA) is 178 Å². The lowest BCUT2D eigenvalue weighted by atomic mass is 9.90. The predicted molar refractivity (Wildman–Crippen MR) is 156 cm³/mol. The molecule has 43 heavy (non-hydrogen) atoms. The summed E-state index contributed by atoms with van der Waals surface area (Å²) < 4.78 is 12.5. The van der Waals surface area contributed by atoms with Gasteiger partial charge in [0.15, 0.2) is 0 Å². The molecule has 3 aromatic heterocycles. The maximum absolute atomic E-state index is 12.9. The molecule has 0 unspecified atom stereocenters. The molecule has 0 radical (unpaired) electrons.